The summed E-state index contributed by atoms with van der Waals surface area (Å²) in [5, 5.41) is 9.11. The molecule has 2 atom stereocenters. The SMILES string of the molecule is c1ccc(-n2ncc(CN3CCCC4CCCCC43)n2)cc1. The van der Waals surface area contributed by atoms with Gasteiger partial charge in [0.1, 0.15) is 0 Å². The van der Waals surface area contributed by atoms with E-state index in [2.05, 4.69) is 15.1 Å². The molecule has 22 heavy (non-hydrogen) atoms. The maximum Gasteiger partial charge on any atom is 0.0971 e. The summed E-state index contributed by atoms with van der Waals surface area (Å²) in [6.07, 6.45) is 10.3. The van der Waals surface area contributed by atoms with Gasteiger partial charge in [0.2, 0.25) is 0 Å². The second-order valence-electron chi connectivity index (χ2n) is 6.69. The number of nitrogens with zero attached hydrogens (tertiary/aromatic N) is 4. The highest BCUT2D eigenvalue weighted by Gasteiger charge is 2.33. The largest absolute Gasteiger partial charge is 0.294 e. The number of piperidine rings is 1. The Morgan fingerprint density at radius 1 is 1.00 bits per heavy atom. The van der Waals surface area contributed by atoms with Gasteiger partial charge in [-0.05, 0) is 50.3 Å². The first-order chi connectivity index (χ1) is 10.9. The van der Waals surface area contributed by atoms with Crippen molar-refractivity contribution in [2.24, 2.45) is 5.92 Å². The van der Waals surface area contributed by atoms with Crippen molar-refractivity contribution in [1.82, 2.24) is 19.9 Å². The zero-order valence-corrected chi connectivity index (χ0v) is 13.1. The van der Waals surface area contributed by atoms with E-state index in [-0.39, 0.29) is 0 Å². The fraction of sp³-hybridized carbons (Fsp3) is 0.556. The van der Waals surface area contributed by atoms with Gasteiger partial charge in [0.15, 0.2) is 0 Å². The highest BCUT2D eigenvalue weighted by Crippen LogP contribution is 2.35. The molecule has 2 fully saturated rings. The molecule has 0 radical (unpaired) electrons. The molecule has 1 aromatic heterocycles. The standard InChI is InChI=1S/C18H24N4/c1-2-9-17(10-3-1)22-19-13-16(20-22)14-21-12-6-8-15-7-4-5-11-18(15)21/h1-3,9-10,13,15,18H,4-8,11-12,14H2. The summed E-state index contributed by atoms with van der Waals surface area (Å²) in [6.45, 7) is 2.17. The van der Waals surface area contributed by atoms with Gasteiger partial charge in [-0.1, -0.05) is 31.0 Å². The van der Waals surface area contributed by atoms with Gasteiger partial charge in [-0.25, -0.2) is 0 Å². The first-order valence-electron chi connectivity index (χ1n) is 8.61. The van der Waals surface area contributed by atoms with Crippen LogP contribution in [-0.4, -0.2) is 32.5 Å². The Balaban J connectivity index is 1.48. The first-order valence-corrected chi connectivity index (χ1v) is 8.61. The maximum atomic E-state index is 4.68. The lowest BCUT2D eigenvalue weighted by Crippen LogP contribution is -2.46. The Hall–Kier alpha value is -1.68. The monoisotopic (exact) mass is 296 g/mol. The Kier molecular flexibility index (Phi) is 3.94. The van der Waals surface area contributed by atoms with Crippen molar-refractivity contribution in [2.45, 2.75) is 51.1 Å². The fourth-order valence-corrected chi connectivity index (χ4v) is 4.19. The van der Waals surface area contributed by atoms with Crippen molar-refractivity contribution < 1.29 is 0 Å². The first kappa shape index (κ1) is 13.9. The molecule has 2 aromatic rings. The third-order valence-corrected chi connectivity index (χ3v) is 5.25. The number of likely N-dealkylation sites (tertiary alicyclic amines) is 1. The third-order valence-electron chi connectivity index (χ3n) is 5.25. The lowest BCUT2D eigenvalue weighted by molar-refractivity contribution is 0.0536. The highest BCUT2D eigenvalue weighted by molar-refractivity contribution is 5.28. The van der Waals surface area contributed by atoms with Gasteiger partial charge in [-0.3, -0.25) is 4.90 Å². The van der Waals surface area contributed by atoms with Crippen LogP contribution in [0.15, 0.2) is 36.5 Å². The second-order valence-corrected chi connectivity index (χ2v) is 6.69. The highest BCUT2D eigenvalue weighted by atomic mass is 15.5. The molecular weight excluding hydrogens is 272 g/mol. The summed E-state index contributed by atoms with van der Waals surface area (Å²) in [4.78, 5) is 4.41. The Morgan fingerprint density at radius 2 is 1.82 bits per heavy atom. The predicted octanol–water partition coefficient (Wildman–Crippen LogP) is 3.42. The van der Waals surface area contributed by atoms with Gasteiger partial charge in [-0.15, -0.1) is 0 Å². The summed E-state index contributed by atoms with van der Waals surface area (Å²) >= 11 is 0. The topological polar surface area (TPSA) is 34.0 Å². The Bertz CT molecular complexity index is 605. The molecule has 4 nitrogen and oxygen atoms in total. The third kappa shape index (κ3) is 2.80. The molecule has 1 aliphatic heterocycles. The number of fused-ring (bicyclic) bond motifs is 1. The van der Waals surface area contributed by atoms with E-state index in [1.807, 2.05) is 36.5 Å². The summed E-state index contributed by atoms with van der Waals surface area (Å²) in [5.74, 6) is 0.923. The van der Waals surface area contributed by atoms with Crippen molar-refractivity contribution in [3.8, 4) is 5.69 Å². The molecule has 116 valence electrons. The molecule has 2 unspecified atom stereocenters. The van der Waals surface area contributed by atoms with Crippen LogP contribution in [0, 0.1) is 5.92 Å². The zero-order chi connectivity index (χ0) is 14.8. The van der Waals surface area contributed by atoms with Gasteiger partial charge >= 0.3 is 0 Å². The van der Waals surface area contributed by atoms with Crippen molar-refractivity contribution in [3.63, 3.8) is 0 Å². The summed E-state index contributed by atoms with van der Waals surface area (Å²) in [7, 11) is 0. The van der Waals surface area contributed by atoms with Gasteiger partial charge in [0, 0.05) is 12.6 Å². The molecule has 1 saturated carbocycles. The average molecular weight is 296 g/mol. The second kappa shape index (κ2) is 6.21. The van der Waals surface area contributed by atoms with E-state index < -0.39 is 0 Å². The minimum atomic E-state index is 0.782. The Morgan fingerprint density at radius 3 is 2.73 bits per heavy atom. The van der Waals surface area contributed by atoms with Gasteiger partial charge in [0.05, 0.1) is 17.6 Å². The molecule has 0 spiro atoms. The van der Waals surface area contributed by atoms with Crippen LogP contribution in [0.1, 0.15) is 44.2 Å². The lowest BCUT2D eigenvalue weighted by Gasteiger charge is -2.43. The molecule has 1 aliphatic carbocycles. The maximum absolute atomic E-state index is 4.68. The van der Waals surface area contributed by atoms with Gasteiger partial charge in [0.25, 0.3) is 0 Å². The van der Waals surface area contributed by atoms with Crippen molar-refractivity contribution in [1.29, 1.82) is 0 Å². The summed E-state index contributed by atoms with van der Waals surface area (Å²) < 4.78 is 0. The van der Waals surface area contributed by atoms with Crippen LogP contribution in [0.4, 0.5) is 0 Å². The van der Waals surface area contributed by atoms with E-state index in [1.54, 1.807) is 4.80 Å². The van der Waals surface area contributed by atoms with Gasteiger partial charge < -0.3 is 0 Å². The number of hydrogen-bond donors (Lipinski definition) is 0. The van der Waals surface area contributed by atoms with E-state index in [0.29, 0.717) is 0 Å². The van der Waals surface area contributed by atoms with Crippen LogP contribution in [-0.2, 0) is 6.54 Å². The Labute approximate surface area is 132 Å². The van der Waals surface area contributed by atoms with Crippen LogP contribution >= 0.6 is 0 Å². The van der Waals surface area contributed by atoms with Crippen LogP contribution in [0.5, 0.6) is 0 Å². The number of benzene rings is 1. The van der Waals surface area contributed by atoms with Crippen molar-refractivity contribution in [3.05, 3.63) is 42.2 Å². The van der Waals surface area contributed by atoms with Crippen molar-refractivity contribution >= 4 is 0 Å². The molecule has 1 aromatic carbocycles. The lowest BCUT2D eigenvalue weighted by atomic mass is 9.78. The van der Waals surface area contributed by atoms with E-state index in [4.69, 9.17) is 0 Å². The molecular formula is C18H24N4. The van der Waals surface area contributed by atoms with E-state index in [0.717, 1.165) is 29.9 Å². The van der Waals surface area contributed by atoms with Crippen LogP contribution in [0.2, 0.25) is 0 Å². The fourth-order valence-electron chi connectivity index (χ4n) is 4.19. The van der Waals surface area contributed by atoms with Crippen molar-refractivity contribution in [2.75, 3.05) is 6.54 Å². The van der Waals surface area contributed by atoms with E-state index >= 15 is 0 Å². The smallest absolute Gasteiger partial charge is 0.0971 e. The molecule has 4 rings (SSSR count). The molecule has 1 saturated heterocycles. The minimum Gasteiger partial charge on any atom is -0.294 e. The normalized spacial score (nSPS) is 25.8. The molecule has 0 amide bonds. The summed E-state index contributed by atoms with van der Waals surface area (Å²) in [5.41, 5.74) is 2.12. The average Bonchev–Trinajstić information content (AvgIpc) is 3.05. The molecule has 2 heterocycles. The van der Waals surface area contributed by atoms with Crippen LogP contribution < -0.4 is 0 Å². The van der Waals surface area contributed by atoms with Crippen LogP contribution in [0.3, 0.4) is 0 Å². The molecule has 0 N–H and O–H groups in total. The minimum absolute atomic E-state index is 0.782. The van der Waals surface area contributed by atoms with E-state index in [1.165, 1.54) is 45.1 Å². The number of rotatable bonds is 3. The predicted molar refractivity (Wildman–Crippen MR) is 86.7 cm³/mol. The van der Waals surface area contributed by atoms with Gasteiger partial charge in [-0.2, -0.15) is 15.0 Å². The molecule has 4 heteroatoms. The zero-order valence-electron chi connectivity index (χ0n) is 13.1. The quantitative estimate of drug-likeness (QED) is 0.870. The summed E-state index contributed by atoms with van der Waals surface area (Å²) in [6, 6.07) is 10.9. The molecule has 2 aliphatic rings. The number of para-hydroxylation sites is 1. The van der Waals surface area contributed by atoms with E-state index in [9.17, 15) is 0 Å². The number of aromatic nitrogens is 3. The number of hydrogen-bond acceptors (Lipinski definition) is 3. The van der Waals surface area contributed by atoms with Crippen LogP contribution in [0.25, 0.3) is 5.69 Å². The molecule has 0 bridgehead atoms.